The molecule has 1 aromatic heterocycles. The second kappa shape index (κ2) is 9.15. The van der Waals surface area contributed by atoms with Gasteiger partial charge in [-0.25, -0.2) is 0 Å². The number of carbonyl (C=O) groups excluding carboxylic acids is 2. The van der Waals surface area contributed by atoms with Crippen LogP contribution in [0, 0.1) is 24.2 Å². The van der Waals surface area contributed by atoms with Crippen LogP contribution in [0.15, 0.2) is 66.0 Å². The number of benzene rings is 2. The molecule has 1 aliphatic rings. The number of amides is 2. The molecule has 156 valence electrons. The first-order valence-corrected chi connectivity index (χ1v) is 11.1. The zero-order valence-corrected chi connectivity index (χ0v) is 18.1. The van der Waals surface area contributed by atoms with Crippen molar-refractivity contribution < 1.29 is 9.59 Å². The van der Waals surface area contributed by atoms with E-state index in [-0.39, 0.29) is 23.8 Å². The van der Waals surface area contributed by atoms with E-state index >= 15 is 0 Å². The summed E-state index contributed by atoms with van der Waals surface area (Å²) in [4.78, 5) is 29.1. The van der Waals surface area contributed by atoms with Crippen LogP contribution in [-0.4, -0.2) is 11.8 Å². The molecule has 4 rings (SSSR count). The minimum absolute atomic E-state index is 0.0344. The molecule has 1 N–H and O–H groups in total. The Morgan fingerprint density at radius 3 is 2.55 bits per heavy atom. The molecule has 0 spiro atoms. The highest BCUT2D eigenvalue weighted by Crippen LogP contribution is 2.42. The molecule has 2 amide bonds. The van der Waals surface area contributed by atoms with E-state index in [4.69, 9.17) is 5.26 Å². The minimum atomic E-state index is -0.364. The highest BCUT2D eigenvalue weighted by molar-refractivity contribution is 7.10. The molecular weight excluding hydrogens is 406 g/mol. The maximum absolute atomic E-state index is 13.3. The lowest BCUT2D eigenvalue weighted by atomic mass is 9.86. The van der Waals surface area contributed by atoms with Crippen molar-refractivity contribution >= 4 is 34.5 Å². The van der Waals surface area contributed by atoms with Crippen molar-refractivity contribution in [2.24, 2.45) is 5.92 Å². The maximum atomic E-state index is 13.3. The van der Waals surface area contributed by atoms with E-state index in [1.807, 2.05) is 73.0 Å². The fraction of sp³-hybridized carbons (Fsp3) is 0.240. The highest BCUT2D eigenvalue weighted by atomic mass is 32.1. The summed E-state index contributed by atoms with van der Waals surface area (Å²) in [5.41, 5.74) is 3.53. The molecule has 31 heavy (non-hydrogen) atoms. The molecule has 2 heterocycles. The van der Waals surface area contributed by atoms with Crippen molar-refractivity contribution in [3.8, 4) is 6.07 Å². The number of carbonyl (C=O) groups is 2. The van der Waals surface area contributed by atoms with Gasteiger partial charge >= 0.3 is 0 Å². The number of nitriles is 1. The Bertz CT molecular complexity index is 1100. The largest absolute Gasteiger partial charge is 0.326 e. The number of anilines is 2. The van der Waals surface area contributed by atoms with Gasteiger partial charge in [-0.2, -0.15) is 5.26 Å². The SMILES string of the molecule is Cc1ccc(N2C(=O)CCC(C(=O)Nc3ccc(CC#N)cc3)C2c2cccs2)cc1. The lowest BCUT2D eigenvalue weighted by Crippen LogP contribution is -2.46. The molecule has 2 atom stereocenters. The average molecular weight is 430 g/mol. The fourth-order valence-electron chi connectivity index (χ4n) is 3.99. The summed E-state index contributed by atoms with van der Waals surface area (Å²) >= 11 is 1.56. The first kappa shape index (κ1) is 20.8. The van der Waals surface area contributed by atoms with Gasteiger partial charge in [0, 0.05) is 22.7 Å². The molecule has 2 unspecified atom stereocenters. The normalized spacial score (nSPS) is 18.5. The first-order chi connectivity index (χ1) is 15.1. The lowest BCUT2D eigenvalue weighted by Gasteiger charge is -2.40. The molecule has 5 nitrogen and oxygen atoms in total. The standard InChI is InChI=1S/C25H23N3O2S/c1-17-4-10-20(11-5-17)28-23(29)13-12-21(24(28)22-3-2-16-31-22)25(30)27-19-8-6-18(7-9-19)14-15-26/h2-11,16,21,24H,12-14H2,1H3,(H,27,30). The number of nitrogens with zero attached hydrogens (tertiary/aromatic N) is 2. The van der Waals surface area contributed by atoms with Crippen LogP contribution in [0.25, 0.3) is 0 Å². The van der Waals surface area contributed by atoms with Crippen LogP contribution < -0.4 is 10.2 Å². The van der Waals surface area contributed by atoms with Gasteiger partial charge in [-0.1, -0.05) is 35.9 Å². The number of hydrogen-bond acceptors (Lipinski definition) is 4. The number of aryl methyl sites for hydroxylation is 1. The molecule has 1 fully saturated rings. The van der Waals surface area contributed by atoms with Crippen molar-refractivity contribution in [2.45, 2.75) is 32.2 Å². The fourth-order valence-corrected chi connectivity index (χ4v) is 4.87. The van der Waals surface area contributed by atoms with Gasteiger partial charge in [0.2, 0.25) is 11.8 Å². The lowest BCUT2D eigenvalue weighted by molar-refractivity contribution is -0.125. The number of rotatable bonds is 5. The molecule has 2 aromatic carbocycles. The summed E-state index contributed by atoms with van der Waals surface area (Å²) in [5.74, 6) is -0.431. The van der Waals surface area contributed by atoms with Crippen LogP contribution in [0.2, 0.25) is 0 Å². The Labute approximate surface area is 185 Å². The topological polar surface area (TPSA) is 73.2 Å². The maximum Gasteiger partial charge on any atom is 0.229 e. The molecule has 0 saturated carbocycles. The van der Waals surface area contributed by atoms with Crippen molar-refractivity contribution in [1.82, 2.24) is 0 Å². The van der Waals surface area contributed by atoms with Crippen LogP contribution in [0.4, 0.5) is 11.4 Å². The van der Waals surface area contributed by atoms with Gasteiger partial charge in [0.15, 0.2) is 0 Å². The van der Waals surface area contributed by atoms with Gasteiger partial charge < -0.3 is 10.2 Å². The van der Waals surface area contributed by atoms with Gasteiger partial charge in [0.1, 0.15) is 0 Å². The number of piperidine rings is 1. The predicted molar refractivity (Wildman–Crippen MR) is 123 cm³/mol. The van der Waals surface area contributed by atoms with Gasteiger partial charge in [0.05, 0.1) is 24.4 Å². The zero-order chi connectivity index (χ0) is 21.8. The summed E-state index contributed by atoms with van der Waals surface area (Å²) in [7, 11) is 0. The van der Waals surface area contributed by atoms with E-state index in [1.54, 1.807) is 16.2 Å². The Hall–Kier alpha value is -3.43. The minimum Gasteiger partial charge on any atom is -0.326 e. The molecule has 0 bridgehead atoms. The monoisotopic (exact) mass is 429 g/mol. The molecular formula is C25H23N3O2S. The van der Waals surface area contributed by atoms with Crippen molar-refractivity contribution in [3.05, 3.63) is 82.0 Å². The van der Waals surface area contributed by atoms with Gasteiger partial charge in [0.25, 0.3) is 0 Å². The van der Waals surface area contributed by atoms with E-state index in [9.17, 15) is 9.59 Å². The van der Waals surface area contributed by atoms with E-state index < -0.39 is 0 Å². The summed E-state index contributed by atoms with van der Waals surface area (Å²) < 4.78 is 0. The molecule has 0 aliphatic carbocycles. The average Bonchev–Trinajstić information content (AvgIpc) is 3.30. The molecule has 1 saturated heterocycles. The van der Waals surface area contributed by atoms with E-state index in [0.29, 0.717) is 24.9 Å². The third-order valence-electron chi connectivity index (χ3n) is 5.59. The smallest absolute Gasteiger partial charge is 0.229 e. The van der Waals surface area contributed by atoms with Crippen molar-refractivity contribution in [3.63, 3.8) is 0 Å². The highest BCUT2D eigenvalue weighted by Gasteiger charge is 2.42. The van der Waals surface area contributed by atoms with Gasteiger partial charge in [-0.15, -0.1) is 11.3 Å². The zero-order valence-electron chi connectivity index (χ0n) is 17.2. The second-order valence-corrected chi connectivity index (χ2v) is 8.71. The number of thiophene rings is 1. The van der Waals surface area contributed by atoms with E-state index in [1.165, 1.54) is 0 Å². The summed E-state index contributed by atoms with van der Waals surface area (Å²) in [5, 5.41) is 13.8. The van der Waals surface area contributed by atoms with Gasteiger partial charge in [-0.05, 0) is 54.6 Å². The number of nitrogens with one attached hydrogen (secondary N) is 1. The molecule has 6 heteroatoms. The first-order valence-electron chi connectivity index (χ1n) is 10.3. The Morgan fingerprint density at radius 2 is 1.90 bits per heavy atom. The molecule has 0 radical (unpaired) electrons. The Balaban J connectivity index is 1.63. The van der Waals surface area contributed by atoms with Crippen LogP contribution in [0.1, 0.15) is 34.9 Å². The predicted octanol–water partition coefficient (Wildman–Crippen LogP) is 5.25. The van der Waals surface area contributed by atoms with Crippen LogP contribution in [0.5, 0.6) is 0 Å². The third-order valence-corrected chi connectivity index (χ3v) is 6.53. The van der Waals surface area contributed by atoms with Gasteiger partial charge in [-0.3, -0.25) is 9.59 Å². The summed E-state index contributed by atoms with van der Waals surface area (Å²) in [6, 6.07) is 20.9. The second-order valence-electron chi connectivity index (χ2n) is 7.73. The molecule has 1 aliphatic heterocycles. The summed E-state index contributed by atoms with van der Waals surface area (Å²) in [6.45, 7) is 2.01. The Morgan fingerprint density at radius 1 is 1.16 bits per heavy atom. The van der Waals surface area contributed by atoms with Crippen molar-refractivity contribution in [2.75, 3.05) is 10.2 Å². The van der Waals surface area contributed by atoms with Crippen molar-refractivity contribution in [1.29, 1.82) is 5.26 Å². The Kier molecular flexibility index (Phi) is 6.15. The number of hydrogen-bond donors (Lipinski definition) is 1. The van der Waals surface area contributed by atoms with Crippen LogP contribution in [0.3, 0.4) is 0 Å². The van der Waals surface area contributed by atoms with Crippen LogP contribution in [-0.2, 0) is 16.0 Å². The quantitative estimate of drug-likeness (QED) is 0.602. The van der Waals surface area contributed by atoms with Crippen LogP contribution >= 0.6 is 11.3 Å². The summed E-state index contributed by atoms with van der Waals surface area (Å²) in [6.07, 6.45) is 1.17. The molecule has 3 aromatic rings. The van der Waals surface area contributed by atoms with E-state index in [0.717, 1.165) is 21.7 Å². The van der Waals surface area contributed by atoms with E-state index in [2.05, 4.69) is 11.4 Å². The third kappa shape index (κ3) is 4.52.